The molecule has 2 fully saturated rings. The molecule has 2 aliphatic heterocycles. The van der Waals surface area contributed by atoms with Crippen LogP contribution >= 0.6 is 0 Å². The van der Waals surface area contributed by atoms with E-state index in [1.807, 2.05) is 0 Å². The van der Waals surface area contributed by atoms with Gasteiger partial charge in [-0.15, -0.1) is 0 Å². The van der Waals surface area contributed by atoms with Gasteiger partial charge >= 0.3 is 0 Å². The molecule has 61 heavy (non-hydrogen) atoms. The van der Waals surface area contributed by atoms with Crippen LogP contribution in [-0.4, -0.2) is 33.8 Å². The molecule has 0 aromatic heterocycles. The lowest BCUT2D eigenvalue weighted by Gasteiger charge is -2.48. The number of hydrogen-bond acceptors (Lipinski definition) is 3. The van der Waals surface area contributed by atoms with Gasteiger partial charge in [-0.05, 0) is 53.4 Å². The number of amides is 2. The number of carbonyl (C=O) groups excluding carboxylic acids is 2. The number of likely N-dealkylation sites (tertiary alicyclic amines) is 1. The molecular weight excluding hydrogens is 745 g/mol. The Labute approximate surface area is 383 Å². The molecule has 2 saturated heterocycles. The summed E-state index contributed by atoms with van der Waals surface area (Å²) in [6, 6.07) is 0.0120. The lowest BCUT2D eigenvalue weighted by Crippen LogP contribution is -2.63. The van der Waals surface area contributed by atoms with Gasteiger partial charge in [0.1, 0.15) is 0 Å². The summed E-state index contributed by atoms with van der Waals surface area (Å²) in [7, 11) is 0. The topological polar surface area (TPSA) is 49.4 Å². The van der Waals surface area contributed by atoms with E-state index < -0.39 is 5.41 Å². The van der Waals surface area contributed by atoms with Gasteiger partial charge < -0.3 is 5.32 Å². The van der Waals surface area contributed by atoms with E-state index in [1.54, 1.807) is 4.90 Å². The van der Waals surface area contributed by atoms with Gasteiger partial charge in [-0.2, -0.15) is 0 Å². The van der Waals surface area contributed by atoms with Crippen LogP contribution in [0.25, 0.3) is 0 Å². The molecule has 360 valence electrons. The zero-order valence-electron chi connectivity index (χ0n) is 42.7. The SMILES string of the molecule is CCCCCCCCCCCCCCCCCCCCCCCCC1(CCCCCCCCCCCCCCCCCCCC)CC(=O)N(C2CC(C)(C)NC(C)(C)C2)C1=O. The van der Waals surface area contributed by atoms with Crippen LogP contribution in [0.1, 0.15) is 330 Å². The molecular formula is C57H110N2O2. The van der Waals surface area contributed by atoms with E-state index in [0.717, 1.165) is 38.5 Å². The number of unbranched alkanes of at least 4 members (excludes halogenated alkanes) is 38. The van der Waals surface area contributed by atoms with Crippen molar-refractivity contribution in [2.75, 3.05) is 0 Å². The fourth-order valence-corrected chi connectivity index (χ4v) is 11.6. The Hall–Kier alpha value is -0.900. The van der Waals surface area contributed by atoms with E-state index in [4.69, 9.17) is 0 Å². The van der Waals surface area contributed by atoms with Crippen molar-refractivity contribution in [2.24, 2.45) is 5.41 Å². The van der Waals surface area contributed by atoms with Gasteiger partial charge in [0, 0.05) is 23.5 Å². The molecule has 0 aromatic carbocycles. The lowest BCUT2D eigenvalue weighted by atomic mass is 9.75. The number of imide groups is 1. The smallest absolute Gasteiger partial charge is 0.236 e. The van der Waals surface area contributed by atoms with E-state index in [9.17, 15) is 9.59 Å². The molecule has 2 heterocycles. The highest BCUT2D eigenvalue weighted by Crippen LogP contribution is 2.46. The van der Waals surface area contributed by atoms with Crippen LogP contribution < -0.4 is 5.32 Å². The number of carbonyl (C=O) groups is 2. The maximum atomic E-state index is 14.5. The molecule has 0 bridgehead atoms. The van der Waals surface area contributed by atoms with Crippen molar-refractivity contribution in [3.8, 4) is 0 Å². The van der Waals surface area contributed by atoms with Gasteiger partial charge in [0.2, 0.25) is 11.8 Å². The second kappa shape index (κ2) is 35.4. The van der Waals surface area contributed by atoms with Crippen LogP contribution in [0.5, 0.6) is 0 Å². The van der Waals surface area contributed by atoms with Crippen molar-refractivity contribution < 1.29 is 9.59 Å². The summed E-state index contributed by atoms with van der Waals surface area (Å²) in [4.78, 5) is 30.1. The summed E-state index contributed by atoms with van der Waals surface area (Å²) in [5, 5.41) is 3.77. The van der Waals surface area contributed by atoms with E-state index in [1.165, 1.54) is 244 Å². The van der Waals surface area contributed by atoms with Gasteiger partial charge in [-0.3, -0.25) is 14.5 Å². The van der Waals surface area contributed by atoms with Crippen LogP contribution in [0.2, 0.25) is 0 Å². The molecule has 2 aliphatic rings. The van der Waals surface area contributed by atoms with Crippen LogP contribution in [0.3, 0.4) is 0 Å². The van der Waals surface area contributed by atoms with Crippen molar-refractivity contribution in [1.82, 2.24) is 10.2 Å². The van der Waals surface area contributed by atoms with E-state index in [2.05, 4.69) is 46.9 Å². The predicted octanol–water partition coefficient (Wildman–Crippen LogP) is 18.5. The maximum absolute atomic E-state index is 14.5. The molecule has 1 unspecified atom stereocenters. The van der Waals surface area contributed by atoms with Gasteiger partial charge in [-0.25, -0.2) is 0 Å². The Kier molecular flexibility index (Phi) is 32.6. The maximum Gasteiger partial charge on any atom is 0.236 e. The Morgan fingerprint density at radius 1 is 0.393 bits per heavy atom. The first-order chi connectivity index (χ1) is 29.6. The highest BCUT2D eigenvalue weighted by atomic mass is 16.2. The summed E-state index contributed by atoms with van der Waals surface area (Å²) < 4.78 is 0. The van der Waals surface area contributed by atoms with Crippen LogP contribution in [0.4, 0.5) is 0 Å². The van der Waals surface area contributed by atoms with E-state index in [-0.39, 0.29) is 28.9 Å². The number of nitrogens with one attached hydrogen (secondary N) is 1. The monoisotopic (exact) mass is 855 g/mol. The number of rotatable bonds is 43. The third-order valence-electron chi connectivity index (χ3n) is 15.0. The van der Waals surface area contributed by atoms with Crippen LogP contribution in [0.15, 0.2) is 0 Å². The van der Waals surface area contributed by atoms with E-state index in [0.29, 0.717) is 6.42 Å². The van der Waals surface area contributed by atoms with E-state index >= 15 is 0 Å². The first kappa shape index (κ1) is 56.2. The minimum absolute atomic E-state index is 0.0120. The summed E-state index contributed by atoms with van der Waals surface area (Å²) in [5.74, 6) is 0.302. The average Bonchev–Trinajstić information content (AvgIpc) is 3.46. The Balaban J connectivity index is 1.61. The molecule has 4 nitrogen and oxygen atoms in total. The fraction of sp³-hybridized carbons (Fsp3) is 0.965. The second-order valence-electron chi connectivity index (χ2n) is 22.4. The van der Waals surface area contributed by atoms with Crippen molar-refractivity contribution in [3.05, 3.63) is 0 Å². The molecule has 1 N–H and O–H groups in total. The zero-order valence-corrected chi connectivity index (χ0v) is 42.7. The highest BCUT2D eigenvalue weighted by Gasteiger charge is 2.54. The highest BCUT2D eigenvalue weighted by molar-refractivity contribution is 6.06. The van der Waals surface area contributed by atoms with Gasteiger partial charge in [-0.1, -0.05) is 271 Å². The molecule has 2 amide bonds. The van der Waals surface area contributed by atoms with Crippen molar-refractivity contribution >= 4 is 11.8 Å². The average molecular weight is 856 g/mol. The molecule has 0 aliphatic carbocycles. The number of nitrogens with zero attached hydrogens (tertiary/aromatic N) is 1. The molecule has 2 rings (SSSR count). The standard InChI is InChI=1S/C57H110N2O2/c1-7-9-11-13-15-17-19-21-23-25-27-28-29-30-32-34-36-38-40-42-44-46-48-57(51-53(60)59(54(57)61)52-49-55(3,4)58-56(5,6)50-52)47-45-43-41-39-37-35-33-31-26-24-22-20-18-16-14-12-10-8-2/h52,58H,7-51H2,1-6H3. The Bertz CT molecular complexity index is 1040. The summed E-state index contributed by atoms with van der Waals surface area (Å²) in [6.45, 7) is 13.5. The normalized spacial score (nSPS) is 19.1. The van der Waals surface area contributed by atoms with Crippen LogP contribution in [-0.2, 0) is 9.59 Å². The summed E-state index contributed by atoms with van der Waals surface area (Å²) in [6.07, 6.45) is 59.3. The Morgan fingerprint density at radius 2 is 0.623 bits per heavy atom. The molecule has 0 aromatic rings. The molecule has 1 atom stereocenters. The van der Waals surface area contributed by atoms with Gasteiger partial charge in [0.05, 0.1) is 5.41 Å². The number of hydrogen-bond donors (Lipinski definition) is 1. The third kappa shape index (κ3) is 27.2. The zero-order chi connectivity index (χ0) is 44.3. The van der Waals surface area contributed by atoms with Crippen molar-refractivity contribution in [1.29, 1.82) is 0 Å². The molecule has 0 spiro atoms. The number of piperidine rings is 1. The van der Waals surface area contributed by atoms with Gasteiger partial charge in [0.15, 0.2) is 0 Å². The molecule has 4 heteroatoms. The van der Waals surface area contributed by atoms with Crippen molar-refractivity contribution in [3.63, 3.8) is 0 Å². The lowest BCUT2D eigenvalue weighted by molar-refractivity contribution is -0.146. The summed E-state index contributed by atoms with van der Waals surface area (Å²) in [5.41, 5.74) is -0.631. The van der Waals surface area contributed by atoms with Crippen LogP contribution in [0, 0.1) is 5.41 Å². The van der Waals surface area contributed by atoms with Gasteiger partial charge in [0.25, 0.3) is 0 Å². The minimum Gasteiger partial charge on any atom is -0.307 e. The Morgan fingerprint density at radius 3 is 0.869 bits per heavy atom. The largest absolute Gasteiger partial charge is 0.307 e. The summed E-state index contributed by atoms with van der Waals surface area (Å²) >= 11 is 0. The quantitative estimate of drug-likeness (QED) is 0.0491. The first-order valence-electron chi connectivity index (χ1n) is 28.2. The molecule has 0 saturated carbocycles. The van der Waals surface area contributed by atoms with Crippen molar-refractivity contribution in [2.45, 2.75) is 348 Å². The third-order valence-corrected chi connectivity index (χ3v) is 15.0. The molecule has 0 radical (unpaired) electrons. The second-order valence-corrected chi connectivity index (χ2v) is 22.4. The predicted molar refractivity (Wildman–Crippen MR) is 268 cm³/mol. The fourth-order valence-electron chi connectivity index (χ4n) is 11.6. The first-order valence-corrected chi connectivity index (χ1v) is 28.2. The minimum atomic E-state index is -0.459.